The maximum atomic E-state index is 11.5. The summed E-state index contributed by atoms with van der Waals surface area (Å²) in [5.74, 6) is 0.530. The molecule has 2 aromatic rings. The van der Waals surface area contributed by atoms with Crippen LogP contribution in [0.5, 0.6) is 0 Å². The summed E-state index contributed by atoms with van der Waals surface area (Å²) in [5, 5.41) is 4.58. The maximum absolute atomic E-state index is 11.5. The molecule has 1 aliphatic rings. The Morgan fingerprint density at radius 2 is 1.56 bits per heavy atom. The molecule has 1 atom stereocenters. The standard InChI is InChI=1S/C15H19NO2S.C6H6/c1-11(12-4-2-3-5-12)16-14-8-6-13(7-9-14)15(17)10-19-18;1-2-4-6-5-3-1/h6-12,16H,2-5H2,1H3;1-6H. The minimum absolute atomic E-state index is 0.196. The molecule has 1 fully saturated rings. The molecule has 3 nitrogen and oxygen atoms in total. The van der Waals surface area contributed by atoms with Gasteiger partial charge in [-0.25, -0.2) is 4.21 Å². The first-order chi connectivity index (χ1) is 12.2. The van der Waals surface area contributed by atoms with Gasteiger partial charge in [-0.1, -0.05) is 49.2 Å². The van der Waals surface area contributed by atoms with Crippen LogP contribution in [0.25, 0.3) is 0 Å². The van der Waals surface area contributed by atoms with Crippen LogP contribution in [0.15, 0.2) is 60.7 Å². The van der Waals surface area contributed by atoms with Gasteiger partial charge in [-0.15, -0.1) is 0 Å². The van der Waals surface area contributed by atoms with Crippen molar-refractivity contribution in [3.05, 3.63) is 66.2 Å². The van der Waals surface area contributed by atoms with Crippen molar-refractivity contribution in [3.8, 4) is 0 Å². The van der Waals surface area contributed by atoms with Crippen molar-refractivity contribution in [2.24, 2.45) is 5.92 Å². The van der Waals surface area contributed by atoms with Crippen LogP contribution in [0.4, 0.5) is 5.69 Å². The molecule has 0 bridgehead atoms. The minimum atomic E-state index is -0.226. The fraction of sp³-hybridized carbons (Fsp3) is 0.333. The lowest BCUT2D eigenvalue weighted by Crippen LogP contribution is -2.23. The molecule has 1 saturated carbocycles. The van der Waals surface area contributed by atoms with E-state index in [-0.39, 0.29) is 17.0 Å². The number of carbonyl (C=O) groups is 1. The zero-order valence-corrected chi connectivity index (χ0v) is 15.4. The normalized spacial score (nSPS) is 14.8. The minimum Gasteiger partial charge on any atom is -0.382 e. The molecule has 0 radical (unpaired) electrons. The van der Waals surface area contributed by atoms with Gasteiger partial charge < -0.3 is 5.32 Å². The summed E-state index contributed by atoms with van der Waals surface area (Å²) < 4.78 is 10.3. The Morgan fingerprint density at radius 3 is 2.04 bits per heavy atom. The molecule has 1 unspecified atom stereocenters. The number of Topliss-reactive ketones (excluding diaryl/α,β-unsaturated/α-hetero) is 1. The molecule has 0 aromatic heterocycles. The van der Waals surface area contributed by atoms with Crippen LogP contribution in [-0.2, 0) is 11.3 Å². The van der Waals surface area contributed by atoms with Crippen LogP contribution < -0.4 is 5.32 Å². The molecule has 0 heterocycles. The third-order valence-electron chi connectivity index (χ3n) is 4.49. The predicted molar refractivity (Wildman–Crippen MR) is 106 cm³/mol. The molecule has 2 aromatic carbocycles. The van der Waals surface area contributed by atoms with Gasteiger partial charge in [0, 0.05) is 17.3 Å². The lowest BCUT2D eigenvalue weighted by molar-refractivity contribution is 0.107. The van der Waals surface area contributed by atoms with E-state index in [9.17, 15) is 9.00 Å². The molecule has 1 aliphatic carbocycles. The number of nitrogens with one attached hydrogen (secondary N) is 1. The highest BCUT2D eigenvalue weighted by atomic mass is 32.1. The van der Waals surface area contributed by atoms with E-state index in [1.165, 1.54) is 25.7 Å². The molecule has 3 rings (SSSR count). The van der Waals surface area contributed by atoms with E-state index in [0.29, 0.717) is 11.6 Å². The zero-order valence-electron chi connectivity index (χ0n) is 14.6. The number of carbonyl (C=O) groups excluding carboxylic acids is 1. The van der Waals surface area contributed by atoms with Crippen LogP contribution in [0, 0.1) is 5.92 Å². The van der Waals surface area contributed by atoms with Crippen molar-refractivity contribution in [2.45, 2.75) is 38.6 Å². The second-order valence-electron chi connectivity index (χ2n) is 6.29. The van der Waals surface area contributed by atoms with E-state index in [4.69, 9.17) is 0 Å². The van der Waals surface area contributed by atoms with Gasteiger partial charge in [-0.3, -0.25) is 4.79 Å². The molecular formula is C21H25NO2S. The SMILES string of the molecule is CC(Nc1ccc(C(=O)C=S=O)cc1)C1CCCC1.c1ccccc1. The summed E-state index contributed by atoms with van der Waals surface area (Å²) in [6, 6.07) is 19.8. The van der Waals surface area contributed by atoms with Gasteiger partial charge in [0.25, 0.3) is 0 Å². The van der Waals surface area contributed by atoms with E-state index in [2.05, 4.69) is 12.2 Å². The highest BCUT2D eigenvalue weighted by molar-refractivity contribution is 7.66. The van der Waals surface area contributed by atoms with Gasteiger partial charge >= 0.3 is 0 Å². The van der Waals surface area contributed by atoms with Crippen molar-refractivity contribution < 1.29 is 9.00 Å². The van der Waals surface area contributed by atoms with E-state index >= 15 is 0 Å². The van der Waals surface area contributed by atoms with Crippen LogP contribution in [0.3, 0.4) is 0 Å². The Morgan fingerprint density at radius 1 is 1.04 bits per heavy atom. The van der Waals surface area contributed by atoms with Crippen molar-refractivity contribution in [2.75, 3.05) is 5.32 Å². The summed E-state index contributed by atoms with van der Waals surface area (Å²) in [4.78, 5) is 11.5. The fourth-order valence-electron chi connectivity index (χ4n) is 3.07. The Labute approximate surface area is 153 Å². The average molecular weight is 356 g/mol. The number of hydrogen-bond donors (Lipinski definition) is 1. The third-order valence-corrected chi connectivity index (χ3v) is 4.80. The molecule has 4 heteroatoms. The van der Waals surface area contributed by atoms with Crippen molar-refractivity contribution in [3.63, 3.8) is 0 Å². The largest absolute Gasteiger partial charge is 0.382 e. The summed E-state index contributed by atoms with van der Waals surface area (Å²) in [6.45, 7) is 2.22. The monoisotopic (exact) mass is 355 g/mol. The van der Waals surface area contributed by atoms with Gasteiger partial charge in [-0.05, 0) is 49.9 Å². The number of benzene rings is 2. The number of ketones is 1. The molecule has 132 valence electrons. The number of anilines is 1. The topological polar surface area (TPSA) is 46.2 Å². The summed E-state index contributed by atoms with van der Waals surface area (Å²) in [5.41, 5.74) is 1.59. The van der Waals surface area contributed by atoms with Crippen LogP contribution in [-0.4, -0.2) is 21.4 Å². The molecule has 1 N–H and O–H groups in total. The van der Waals surface area contributed by atoms with Gasteiger partial charge in [0.1, 0.15) is 0 Å². The lowest BCUT2D eigenvalue weighted by atomic mass is 9.99. The molecule has 0 spiro atoms. The highest BCUT2D eigenvalue weighted by Gasteiger charge is 2.21. The molecular weight excluding hydrogens is 330 g/mol. The smallest absolute Gasteiger partial charge is 0.198 e. The summed E-state index contributed by atoms with van der Waals surface area (Å²) >= 11 is 0.196. The Hall–Kier alpha value is -2.20. The van der Waals surface area contributed by atoms with Crippen LogP contribution in [0.2, 0.25) is 0 Å². The van der Waals surface area contributed by atoms with E-state index in [1.54, 1.807) is 12.1 Å². The van der Waals surface area contributed by atoms with Crippen LogP contribution >= 0.6 is 0 Å². The second-order valence-corrected chi connectivity index (χ2v) is 6.72. The third kappa shape index (κ3) is 6.67. The number of rotatable bonds is 5. The van der Waals surface area contributed by atoms with E-state index in [0.717, 1.165) is 17.0 Å². The van der Waals surface area contributed by atoms with Crippen molar-refractivity contribution in [1.29, 1.82) is 0 Å². The van der Waals surface area contributed by atoms with Gasteiger partial charge in [0.05, 0.1) is 16.6 Å². The summed E-state index contributed by atoms with van der Waals surface area (Å²) in [6.07, 6.45) is 5.29. The van der Waals surface area contributed by atoms with E-state index in [1.807, 2.05) is 48.5 Å². The second kappa shape index (κ2) is 10.6. The Kier molecular flexibility index (Phi) is 8.13. The van der Waals surface area contributed by atoms with Gasteiger partial charge in [0.15, 0.2) is 5.78 Å². The molecule has 25 heavy (non-hydrogen) atoms. The predicted octanol–water partition coefficient (Wildman–Crippen LogP) is 4.56. The first-order valence-corrected chi connectivity index (χ1v) is 9.54. The van der Waals surface area contributed by atoms with Crippen LogP contribution in [0.1, 0.15) is 43.0 Å². The van der Waals surface area contributed by atoms with Gasteiger partial charge in [0.2, 0.25) is 0 Å². The Balaban J connectivity index is 0.000000316. The van der Waals surface area contributed by atoms with Gasteiger partial charge in [-0.2, -0.15) is 0 Å². The summed E-state index contributed by atoms with van der Waals surface area (Å²) in [7, 11) is 0. The Bertz CT molecular complexity index is 661. The first kappa shape index (κ1) is 19.1. The number of hydrogen-bond acceptors (Lipinski definition) is 3. The quantitative estimate of drug-likeness (QED) is 0.632. The zero-order chi connectivity index (χ0) is 17.9. The average Bonchev–Trinajstić information content (AvgIpc) is 3.19. The van der Waals surface area contributed by atoms with Crippen molar-refractivity contribution >= 4 is 28.1 Å². The lowest BCUT2D eigenvalue weighted by Gasteiger charge is -2.21. The maximum Gasteiger partial charge on any atom is 0.198 e. The van der Waals surface area contributed by atoms with E-state index < -0.39 is 0 Å². The molecule has 0 aliphatic heterocycles. The fourth-order valence-corrected chi connectivity index (χ4v) is 3.29. The highest BCUT2D eigenvalue weighted by Crippen LogP contribution is 2.29. The first-order valence-electron chi connectivity index (χ1n) is 8.73. The molecule has 0 amide bonds. The molecule has 0 saturated heterocycles. The van der Waals surface area contributed by atoms with Crippen molar-refractivity contribution in [1.82, 2.24) is 0 Å².